The number of carbonyl (C=O) groups is 2. The molecule has 1 saturated carbocycles. The molecular formula is C17H20N2O2. The Morgan fingerprint density at radius 1 is 1.05 bits per heavy atom. The second-order valence-corrected chi connectivity index (χ2v) is 6.40. The quantitative estimate of drug-likeness (QED) is 0.863. The van der Waals surface area contributed by atoms with Crippen molar-refractivity contribution in [2.75, 3.05) is 0 Å². The van der Waals surface area contributed by atoms with Crippen LogP contribution in [0.1, 0.15) is 49.3 Å². The van der Waals surface area contributed by atoms with Gasteiger partial charge >= 0.3 is 0 Å². The van der Waals surface area contributed by atoms with Crippen LogP contribution in [0.3, 0.4) is 0 Å². The molecule has 2 amide bonds. The van der Waals surface area contributed by atoms with Crippen molar-refractivity contribution >= 4 is 11.8 Å². The zero-order valence-electron chi connectivity index (χ0n) is 12.0. The number of amides is 2. The Balaban J connectivity index is 1.52. The fraction of sp³-hybridized carbons (Fsp3) is 0.529. The van der Waals surface area contributed by atoms with Crippen molar-refractivity contribution in [2.45, 2.75) is 56.7 Å². The minimum absolute atomic E-state index is 0.00379. The number of hydrogen-bond acceptors (Lipinski definition) is 3. The van der Waals surface area contributed by atoms with Crippen molar-refractivity contribution < 1.29 is 9.59 Å². The Hall–Kier alpha value is -1.68. The first-order chi connectivity index (χ1) is 10.2. The van der Waals surface area contributed by atoms with E-state index in [1.165, 1.54) is 16.0 Å². The van der Waals surface area contributed by atoms with Crippen LogP contribution in [0.25, 0.3) is 0 Å². The molecule has 1 aliphatic heterocycles. The predicted octanol–water partition coefficient (Wildman–Crippen LogP) is 1.94. The number of aryl methyl sites for hydroxylation is 1. The van der Waals surface area contributed by atoms with Gasteiger partial charge in [-0.25, -0.2) is 0 Å². The van der Waals surface area contributed by atoms with Gasteiger partial charge in [0.25, 0.3) is 0 Å². The molecule has 0 spiro atoms. The first kappa shape index (κ1) is 13.0. The van der Waals surface area contributed by atoms with Crippen LogP contribution >= 0.6 is 0 Å². The van der Waals surface area contributed by atoms with Gasteiger partial charge in [-0.2, -0.15) is 0 Å². The third-order valence-electron chi connectivity index (χ3n) is 4.87. The number of imide groups is 1. The molecule has 1 aromatic rings. The van der Waals surface area contributed by atoms with Crippen LogP contribution in [0.4, 0.5) is 0 Å². The predicted molar refractivity (Wildman–Crippen MR) is 78.5 cm³/mol. The van der Waals surface area contributed by atoms with Gasteiger partial charge in [-0.15, -0.1) is 0 Å². The van der Waals surface area contributed by atoms with Gasteiger partial charge in [-0.05, 0) is 43.2 Å². The highest BCUT2D eigenvalue weighted by molar-refractivity contribution is 6.06. The Bertz CT molecular complexity index is 594. The molecule has 1 aromatic carbocycles. The first-order valence-corrected chi connectivity index (χ1v) is 7.94. The fourth-order valence-electron chi connectivity index (χ4n) is 3.67. The Morgan fingerprint density at radius 3 is 2.67 bits per heavy atom. The number of hydrogen-bond donors (Lipinski definition) is 1. The fourth-order valence-corrected chi connectivity index (χ4v) is 3.67. The van der Waals surface area contributed by atoms with E-state index in [0.717, 1.165) is 32.1 Å². The van der Waals surface area contributed by atoms with E-state index in [-0.39, 0.29) is 29.9 Å². The molecule has 4 heteroatoms. The standard InChI is InChI=1S/C17H20N2O2/c20-16-10-15(17(21)19(16)12-8-9-12)18-14-7-3-5-11-4-1-2-6-13(11)14/h1-2,4,6,12,14-15,18H,3,5,7-10H2. The Morgan fingerprint density at radius 2 is 1.86 bits per heavy atom. The second-order valence-electron chi connectivity index (χ2n) is 6.40. The summed E-state index contributed by atoms with van der Waals surface area (Å²) in [5.74, 6) is -0.00495. The van der Waals surface area contributed by atoms with E-state index in [1.807, 2.05) is 0 Å². The Labute approximate surface area is 124 Å². The highest BCUT2D eigenvalue weighted by atomic mass is 16.2. The molecule has 3 aliphatic rings. The zero-order valence-corrected chi connectivity index (χ0v) is 12.0. The average Bonchev–Trinajstić information content (AvgIpc) is 3.27. The van der Waals surface area contributed by atoms with Crippen molar-refractivity contribution in [3.63, 3.8) is 0 Å². The van der Waals surface area contributed by atoms with Gasteiger partial charge in [0, 0.05) is 12.1 Å². The third-order valence-corrected chi connectivity index (χ3v) is 4.87. The topological polar surface area (TPSA) is 49.4 Å². The number of nitrogens with one attached hydrogen (secondary N) is 1. The molecule has 2 unspecified atom stereocenters. The molecule has 0 aromatic heterocycles. The molecule has 2 aliphatic carbocycles. The summed E-state index contributed by atoms with van der Waals surface area (Å²) in [6.45, 7) is 0. The maximum Gasteiger partial charge on any atom is 0.247 e. The zero-order chi connectivity index (χ0) is 14.4. The Kier molecular flexibility index (Phi) is 3.07. The largest absolute Gasteiger partial charge is 0.298 e. The minimum atomic E-state index is -0.325. The second kappa shape index (κ2) is 4.95. The number of carbonyl (C=O) groups excluding carboxylic acids is 2. The molecule has 1 saturated heterocycles. The molecule has 1 heterocycles. The molecule has 2 atom stereocenters. The van der Waals surface area contributed by atoms with E-state index in [1.54, 1.807) is 0 Å². The van der Waals surface area contributed by atoms with Crippen molar-refractivity contribution in [2.24, 2.45) is 0 Å². The van der Waals surface area contributed by atoms with E-state index in [0.29, 0.717) is 6.42 Å². The van der Waals surface area contributed by atoms with Crippen molar-refractivity contribution in [1.29, 1.82) is 0 Å². The highest BCUT2D eigenvalue weighted by Crippen LogP contribution is 2.34. The molecule has 21 heavy (non-hydrogen) atoms. The van der Waals surface area contributed by atoms with Gasteiger partial charge in [-0.3, -0.25) is 19.8 Å². The highest BCUT2D eigenvalue weighted by Gasteiger charge is 2.46. The summed E-state index contributed by atoms with van der Waals surface area (Å²) in [7, 11) is 0. The number of fused-ring (bicyclic) bond motifs is 1. The normalized spacial score (nSPS) is 28.9. The molecule has 4 rings (SSSR count). The summed E-state index contributed by atoms with van der Waals surface area (Å²) in [5, 5.41) is 3.45. The van der Waals surface area contributed by atoms with Gasteiger partial charge in [0.1, 0.15) is 0 Å². The van der Waals surface area contributed by atoms with Crippen LogP contribution in [0.15, 0.2) is 24.3 Å². The lowest BCUT2D eigenvalue weighted by Gasteiger charge is -2.28. The molecule has 0 bridgehead atoms. The maximum absolute atomic E-state index is 12.4. The maximum atomic E-state index is 12.4. The summed E-state index contributed by atoms with van der Waals surface area (Å²) in [4.78, 5) is 26.0. The van der Waals surface area contributed by atoms with Crippen molar-refractivity contribution in [3.05, 3.63) is 35.4 Å². The van der Waals surface area contributed by atoms with Crippen LogP contribution in [-0.2, 0) is 16.0 Å². The summed E-state index contributed by atoms with van der Waals surface area (Å²) in [6, 6.07) is 8.51. The molecule has 4 nitrogen and oxygen atoms in total. The van der Waals surface area contributed by atoms with E-state index >= 15 is 0 Å². The van der Waals surface area contributed by atoms with Gasteiger partial charge in [-0.1, -0.05) is 24.3 Å². The van der Waals surface area contributed by atoms with Gasteiger partial charge in [0.15, 0.2) is 0 Å². The van der Waals surface area contributed by atoms with Gasteiger partial charge in [0.05, 0.1) is 12.5 Å². The average molecular weight is 284 g/mol. The summed E-state index contributed by atoms with van der Waals surface area (Å²) in [6.07, 6.45) is 5.58. The number of rotatable bonds is 3. The van der Waals surface area contributed by atoms with E-state index < -0.39 is 0 Å². The lowest BCUT2D eigenvalue weighted by Crippen LogP contribution is -2.42. The smallest absolute Gasteiger partial charge is 0.247 e. The molecule has 2 fully saturated rings. The minimum Gasteiger partial charge on any atom is -0.298 e. The summed E-state index contributed by atoms with van der Waals surface area (Å²) in [5.41, 5.74) is 2.67. The molecular weight excluding hydrogens is 264 g/mol. The lowest BCUT2D eigenvalue weighted by atomic mass is 9.87. The van der Waals surface area contributed by atoms with Crippen molar-refractivity contribution in [1.82, 2.24) is 10.2 Å². The summed E-state index contributed by atoms with van der Waals surface area (Å²) >= 11 is 0. The van der Waals surface area contributed by atoms with E-state index in [9.17, 15) is 9.59 Å². The van der Waals surface area contributed by atoms with Crippen molar-refractivity contribution in [3.8, 4) is 0 Å². The monoisotopic (exact) mass is 284 g/mol. The van der Waals surface area contributed by atoms with E-state index in [2.05, 4.69) is 29.6 Å². The molecule has 1 N–H and O–H groups in total. The van der Waals surface area contributed by atoms with Crippen LogP contribution in [-0.4, -0.2) is 28.8 Å². The first-order valence-electron chi connectivity index (χ1n) is 7.94. The van der Waals surface area contributed by atoms with E-state index in [4.69, 9.17) is 0 Å². The van der Waals surface area contributed by atoms with Crippen LogP contribution in [0.2, 0.25) is 0 Å². The SMILES string of the molecule is O=C1CC(NC2CCCc3ccccc32)C(=O)N1C1CC1. The number of likely N-dealkylation sites (tertiary alicyclic amines) is 1. The van der Waals surface area contributed by atoms with Gasteiger partial charge in [0.2, 0.25) is 11.8 Å². The third kappa shape index (κ3) is 2.27. The van der Waals surface area contributed by atoms with Crippen LogP contribution in [0, 0.1) is 0 Å². The molecule has 0 radical (unpaired) electrons. The number of benzene rings is 1. The number of nitrogens with zero attached hydrogens (tertiary/aromatic N) is 1. The summed E-state index contributed by atoms with van der Waals surface area (Å²) < 4.78 is 0. The molecule has 110 valence electrons. The van der Waals surface area contributed by atoms with Crippen LogP contribution < -0.4 is 5.32 Å². The van der Waals surface area contributed by atoms with Gasteiger partial charge < -0.3 is 0 Å². The van der Waals surface area contributed by atoms with Crippen LogP contribution in [0.5, 0.6) is 0 Å². The lowest BCUT2D eigenvalue weighted by molar-refractivity contribution is -0.139.